The number of nitrogens with zero attached hydrogens (tertiary/aromatic N) is 5. The molecule has 12 nitrogen and oxygen atoms in total. The van der Waals surface area contributed by atoms with Gasteiger partial charge in [0.2, 0.25) is 0 Å². The van der Waals surface area contributed by atoms with Crippen molar-refractivity contribution in [2.45, 2.75) is 36.0 Å². The number of alkyl halides is 15. The molecular formula is C50H37Br4F15N6O6. The van der Waals surface area contributed by atoms with E-state index in [1.165, 1.54) is 131 Å². The van der Waals surface area contributed by atoms with Crippen LogP contribution < -0.4 is 29.5 Å². The molecule has 4 amide bonds. The minimum atomic E-state index is -6.32. The van der Waals surface area contributed by atoms with Crippen LogP contribution >= 0.6 is 63.7 Å². The van der Waals surface area contributed by atoms with Gasteiger partial charge in [0, 0.05) is 86.1 Å². The van der Waals surface area contributed by atoms with Crippen LogP contribution in [0.1, 0.15) is 53.9 Å². The molecule has 0 aliphatic heterocycles. The zero-order chi connectivity index (χ0) is 62.2. The van der Waals surface area contributed by atoms with Gasteiger partial charge in [0.05, 0.1) is 56.6 Å². The van der Waals surface area contributed by atoms with Crippen LogP contribution in [0.25, 0.3) is 0 Å². The molecule has 0 radical (unpaired) electrons. The van der Waals surface area contributed by atoms with Crippen molar-refractivity contribution in [2.24, 2.45) is 0 Å². The van der Waals surface area contributed by atoms with Crippen LogP contribution in [0.2, 0.25) is 0 Å². The van der Waals surface area contributed by atoms with Crippen molar-refractivity contribution >= 4 is 110 Å². The van der Waals surface area contributed by atoms with Crippen molar-refractivity contribution in [1.29, 1.82) is 0 Å². The van der Waals surface area contributed by atoms with Crippen molar-refractivity contribution in [3.05, 3.63) is 161 Å². The maximum Gasteiger partial charge on any atom is 0.435 e. The second kappa shape index (κ2) is 26.2. The normalized spacial score (nSPS) is 12.1. The average Bonchev–Trinajstić information content (AvgIpc) is 3.04. The van der Waals surface area contributed by atoms with E-state index < -0.39 is 95.8 Å². The average molecular weight is 1420 g/mol. The molecule has 0 unspecified atom stereocenters. The molecule has 6 rings (SSSR count). The van der Waals surface area contributed by atoms with E-state index in [-0.39, 0.29) is 57.5 Å². The van der Waals surface area contributed by atoms with Crippen LogP contribution in [-0.2, 0) is 11.3 Å². The van der Waals surface area contributed by atoms with Crippen LogP contribution in [-0.4, -0.2) is 101 Å². The van der Waals surface area contributed by atoms with Gasteiger partial charge >= 0.3 is 36.0 Å². The Bertz CT molecular complexity index is 3220. The number of para-hydroxylation sites is 2. The summed E-state index contributed by atoms with van der Waals surface area (Å²) in [5.74, 6) is -2.71. The molecule has 0 bridgehead atoms. The first-order valence-electron chi connectivity index (χ1n) is 22.4. The fourth-order valence-electron chi connectivity index (χ4n) is 7.36. The first-order chi connectivity index (χ1) is 37.9. The van der Waals surface area contributed by atoms with Crippen LogP contribution in [0.4, 0.5) is 88.6 Å². The number of hydrogen-bond acceptors (Lipinski definition) is 8. The number of carbonyl (C=O) groups is 4. The first-order valence-corrected chi connectivity index (χ1v) is 24.9. The SMILES string of the molecule is COc1c(C(=O)N(C)c2c(Br)cc(C(F)(C(F)(F)F)C(F)(F)F)cc2Br)cccc1N(C)C(=O)c1ccncc1.COc1c(C(=O)Nc2c(Br)cc(C(F)(C(F)(F)F)C(F)(F)F)cc2Br)cccc1N(C)C(=O)c1ccncc1.[2H]CF. The molecule has 4 aromatic carbocycles. The van der Waals surface area contributed by atoms with E-state index in [0.717, 1.165) is 4.90 Å². The predicted octanol–water partition coefficient (Wildman–Crippen LogP) is 15.5. The highest BCUT2D eigenvalue weighted by atomic mass is 79.9. The van der Waals surface area contributed by atoms with Gasteiger partial charge in [-0.25, -0.2) is 8.78 Å². The summed E-state index contributed by atoms with van der Waals surface area (Å²) in [6.07, 6.45) is -19.6. The molecule has 31 heteroatoms. The summed E-state index contributed by atoms with van der Waals surface area (Å²) in [6, 6.07) is 15.6. The Morgan fingerprint density at radius 3 is 1.16 bits per heavy atom. The lowest BCUT2D eigenvalue weighted by atomic mass is 9.94. The van der Waals surface area contributed by atoms with Gasteiger partial charge in [-0.2, -0.15) is 52.7 Å². The van der Waals surface area contributed by atoms with Crippen molar-refractivity contribution in [2.75, 3.05) is 62.5 Å². The number of amides is 4. The summed E-state index contributed by atoms with van der Waals surface area (Å²) in [6.45, 7) is 0. The number of rotatable bonds is 12. The fraction of sp³-hybridized carbons (Fsp3) is 0.240. The van der Waals surface area contributed by atoms with E-state index >= 15 is 0 Å². The number of ether oxygens (including phenoxy) is 2. The molecule has 0 atom stereocenters. The first kappa shape index (κ1) is 65.3. The lowest BCUT2D eigenvalue weighted by Gasteiger charge is -2.31. The molecule has 0 fully saturated rings. The second-order valence-corrected chi connectivity index (χ2v) is 19.6. The number of benzene rings is 4. The summed E-state index contributed by atoms with van der Waals surface area (Å²) in [5, 5.41) is 2.34. The van der Waals surface area contributed by atoms with Crippen molar-refractivity contribution in [1.82, 2.24) is 9.97 Å². The largest absolute Gasteiger partial charge is 0.494 e. The van der Waals surface area contributed by atoms with Crippen LogP contribution in [0.15, 0.2) is 128 Å². The Hall–Kier alpha value is -6.47. The number of aromatic nitrogens is 2. The zero-order valence-electron chi connectivity index (χ0n) is 42.5. The second-order valence-electron chi connectivity index (χ2n) is 16.1. The molecule has 0 spiro atoms. The van der Waals surface area contributed by atoms with Gasteiger partial charge in [-0.05, 0) is 137 Å². The topological polar surface area (TPSA) is 134 Å². The van der Waals surface area contributed by atoms with Crippen molar-refractivity contribution in [3.8, 4) is 11.5 Å². The van der Waals surface area contributed by atoms with E-state index in [9.17, 15) is 85.0 Å². The van der Waals surface area contributed by atoms with Gasteiger partial charge in [0.25, 0.3) is 23.6 Å². The summed E-state index contributed by atoms with van der Waals surface area (Å²) < 4.78 is 212. The number of nitrogens with one attached hydrogen (secondary N) is 1. The molecule has 81 heavy (non-hydrogen) atoms. The number of carbonyl (C=O) groups excluding carboxylic acids is 4. The van der Waals surface area contributed by atoms with E-state index in [1.807, 2.05) is 0 Å². The highest BCUT2D eigenvalue weighted by molar-refractivity contribution is 9.11. The fourth-order valence-corrected chi connectivity index (χ4v) is 10.5. The highest BCUT2D eigenvalue weighted by Crippen LogP contribution is 2.56. The Morgan fingerprint density at radius 1 is 0.506 bits per heavy atom. The molecule has 0 aliphatic carbocycles. The maximum absolute atomic E-state index is 14.6. The monoisotopic (exact) mass is 1420 g/mol. The van der Waals surface area contributed by atoms with Gasteiger partial charge < -0.3 is 29.5 Å². The Morgan fingerprint density at radius 2 is 0.827 bits per heavy atom. The van der Waals surface area contributed by atoms with Crippen LogP contribution in [0, 0.1) is 0 Å². The van der Waals surface area contributed by atoms with Crippen molar-refractivity contribution in [3.63, 3.8) is 0 Å². The summed E-state index contributed by atoms with van der Waals surface area (Å²) >= 11 is 11.4. The van der Waals surface area contributed by atoms with Crippen molar-refractivity contribution < 1.29 is 95.9 Å². The predicted molar refractivity (Wildman–Crippen MR) is 281 cm³/mol. The van der Waals surface area contributed by atoms with Crippen LogP contribution in [0.5, 0.6) is 11.5 Å². The van der Waals surface area contributed by atoms with Gasteiger partial charge in [-0.3, -0.25) is 33.5 Å². The quantitative estimate of drug-likeness (QED) is 0.120. The van der Waals surface area contributed by atoms with Gasteiger partial charge in [-0.1, -0.05) is 12.1 Å². The van der Waals surface area contributed by atoms with E-state index in [0.29, 0.717) is 23.3 Å². The van der Waals surface area contributed by atoms with Gasteiger partial charge in [0.1, 0.15) is 0 Å². The molecule has 0 aliphatic rings. The Labute approximate surface area is 484 Å². The lowest BCUT2D eigenvalue weighted by Crippen LogP contribution is -2.50. The number of pyridine rings is 2. The van der Waals surface area contributed by atoms with Gasteiger partial charge in [-0.15, -0.1) is 0 Å². The number of halogens is 19. The third-order valence-electron chi connectivity index (χ3n) is 11.4. The summed E-state index contributed by atoms with van der Waals surface area (Å²) in [4.78, 5) is 63.5. The number of anilines is 4. The van der Waals surface area contributed by atoms with E-state index in [2.05, 4.69) is 79.0 Å². The molecule has 436 valence electrons. The van der Waals surface area contributed by atoms with E-state index in [1.54, 1.807) is 0 Å². The molecule has 0 saturated carbocycles. The number of methoxy groups -OCH3 is 2. The number of hydrogen-bond donors (Lipinski definition) is 1. The van der Waals surface area contributed by atoms with E-state index in [4.69, 9.17) is 10.8 Å². The van der Waals surface area contributed by atoms with Gasteiger partial charge in [0.15, 0.2) is 11.5 Å². The molecular weight excluding hydrogens is 1390 g/mol. The van der Waals surface area contributed by atoms with Crippen LogP contribution in [0.3, 0.4) is 0 Å². The smallest absolute Gasteiger partial charge is 0.435 e. The standard InChI is InChI=1S/C25H18Br2F7N3O3.C24H16Br2F7N3O3.CH3F/c1-36(21(38)13-7-9-35-10-8-13)18-6-4-5-15(20(18)40-3)22(39)37(2)19-16(26)11-14(12-17(19)27)23(28,24(29,30)31)25(32,33)34;1-36(21(38)12-6-8-34-9-7-12)17-5-3-4-14(19(17)39-2)20(37)35-18-15(25)10-13(11-16(18)26)22(27,23(28,29)30)24(31,32)33;1-2/h4-12H,1-3H3;3-11H,1-2H3,(H,35,37);1H3/i;;1D. The minimum Gasteiger partial charge on any atom is -0.494 e. The summed E-state index contributed by atoms with van der Waals surface area (Å²) in [7, 11) is 5.54. The molecule has 0 saturated heterocycles. The molecule has 2 aromatic heterocycles. The summed E-state index contributed by atoms with van der Waals surface area (Å²) in [5.41, 5.74) is -14.6. The molecule has 6 aromatic rings. The molecule has 2 heterocycles. The maximum atomic E-state index is 14.6. The highest BCUT2D eigenvalue weighted by Gasteiger charge is 2.74. The molecule has 1 N–H and O–H groups in total. The zero-order valence-corrected chi connectivity index (χ0v) is 47.8. The third-order valence-corrected chi connectivity index (χ3v) is 13.8. The lowest BCUT2D eigenvalue weighted by molar-refractivity contribution is -0.349. The Kier molecular flexibility index (Phi) is 21.1. The minimum absolute atomic E-state index is 0.0370. The third kappa shape index (κ3) is 13.7. The Balaban J connectivity index is 0.000000336.